The number of nitrogens with zero attached hydrogens (tertiary/aromatic N) is 3. The number of thiazole rings is 1. The van der Waals surface area contributed by atoms with Crippen LogP contribution in [0, 0.1) is 10.1 Å². The van der Waals surface area contributed by atoms with Crippen molar-refractivity contribution in [2.24, 2.45) is 4.99 Å². The summed E-state index contributed by atoms with van der Waals surface area (Å²) in [5, 5.41) is 11.6. The van der Waals surface area contributed by atoms with Gasteiger partial charge in [-0.15, -0.1) is 0 Å². The Kier molecular flexibility index (Phi) is 9.10. The highest BCUT2D eigenvalue weighted by Crippen LogP contribution is 2.40. The maximum absolute atomic E-state index is 13.9. The molecule has 10 nitrogen and oxygen atoms in total. The van der Waals surface area contributed by atoms with E-state index in [1.807, 2.05) is 30.3 Å². The Balaban J connectivity index is 1.57. The smallest absolute Gasteiger partial charge is 0.416 e. The molecule has 1 aromatic heterocycles. The van der Waals surface area contributed by atoms with E-state index in [4.69, 9.17) is 14.2 Å². The minimum absolute atomic E-state index is 0.0158. The molecular formula is C32H26F3N3O7S. The lowest BCUT2D eigenvalue weighted by Gasteiger charge is -2.24. The number of fused-ring (bicyclic) bond motifs is 1. The van der Waals surface area contributed by atoms with Crippen LogP contribution in [0.1, 0.15) is 43.5 Å². The average Bonchev–Trinajstić information content (AvgIpc) is 3.31. The summed E-state index contributed by atoms with van der Waals surface area (Å²) in [6, 6.07) is 14.8. The van der Waals surface area contributed by atoms with E-state index < -0.39 is 45.7 Å². The number of halogens is 3. The van der Waals surface area contributed by atoms with Crippen LogP contribution >= 0.6 is 11.3 Å². The number of nitro benzene ring substituents is 1. The molecule has 238 valence electrons. The van der Waals surface area contributed by atoms with Gasteiger partial charge in [0, 0.05) is 6.07 Å². The van der Waals surface area contributed by atoms with Gasteiger partial charge in [-0.2, -0.15) is 13.2 Å². The molecule has 0 amide bonds. The fourth-order valence-corrected chi connectivity index (χ4v) is 5.95. The van der Waals surface area contributed by atoms with Crippen LogP contribution < -0.4 is 24.4 Å². The zero-order valence-electron chi connectivity index (χ0n) is 24.7. The molecule has 0 radical (unpaired) electrons. The third-order valence-electron chi connectivity index (χ3n) is 6.90. The summed E-state index contributed by atoms with van der Waals surface area (Å²) in [5.74, 6) is -0.825. The Morgan fingerprint density at radius 3 is 2.41 bits per heavy atom. The number of nitro groups is 1. The van der Waals surface area contributed by atoms with Crippen LogP contribution in [0.5, 0.6) is 17.2 Å². The Morgan fingerprint density at radius 2 is 1.76 bits per heavy atom. The van der Waals surface area contributed by atoms with Crippen molar-refractivity contribution >= 4 is 29.1 Å². The molecule has 0 bridgehead atoms. The van der Waals surface area contributed by atoms with Crippen LogP contribution in [-0.4, -0.2) is 28.7 Å². The summed E-state index contributed by atoms with van der Waals surface area (Å²) in [4.78, 5) is 42.4. The second kappa shape index (κ2) is 13.0. The van der Waals surface area contributed by atoms with E-state index in [1.54, 1.807) is 32.9 Å². The molecule has 3 aromatic carbocycles. The number of carbonyl (C=O) groups excluding carboxylic acids is 1. The molecule has 0 N–H and O–H groups in total. The van der Waals surface area contributed by atoms with E-state index in [9.17, 15) is 32.9 Å². The Hall–Kier alpha value is -5.24. The van der Waals surface area contributed by atoms with Gasteiger partial charge in [0.2, 0.25) is 5.75 Å². The quantitative estimate of drug-likeness (QED) is 0.125. The van der Waals surface area contributed by atoms with Gasteiger partial charge in [-0.05, 0) is 62.2 Å². The standard InChI is InChI=1S/C32H26F3N3O7S/c1-4-43-25-15-19(11-13-24(25)45-23-14-12-21(32(33,34)35)17-22(23)38(41)42)16-26-29(39)37-28(20-9-7-6-8-10-20)27(30(40)44-5-2)18(3)36-31(37)46-26/h6-17,28H,4-5H2,1-3H3/b26-16-. The van der Waals surface area contributed by atoms with Gasteiger partial charge in [0.05, 0.1) is 45.5 Å². The van der Waals surface area contributed by atoms with E-state index in [1.165, 1.54) is 16.7 Å². The number of benzene rings is 3. The molecule has 0 spiro atoms. The van der Waals surface area contributed by atoms with Crippen molar-refractivity contribution in [3.8, 4) is 17.2 Å². The van der Waals surface area contributed by atoms with Crippen molar-refractivity contribution in [2.75, 3.05) is 13.2 Å². The maximum atomic E-state index is 13.9. The molecule has 46 heavy (non-hydrogen) atoms. The minimum atomic E-state index is -4.78. The highest BCUT2D eigenvalue weighted by Gasteiger charge is 2.34. The summed E-state index contributed by atoms with van der Waals surface area (Å²) < 4.78 is 57.9. The predicted molar refractivity (Wildman–Crippen MR) is 163 cm³/mol. The van der Waals surface area contributed by atoms with Gasteiger partial charge in [0.15, 0.2) is 16.3 Å². The lowest BCUT2D eigenvalue weighted by Crippen LogP contribution is -2.39. The van der Waals surface area contributed by atoms with Crippen molar-refractivity contribution < 1.29 is 37.1 Å². The summed E-state index contributed by atoms with van der Waals surface area (Å²) in [5.41, 5.74) is -0.571. The van der Waals surface area contributed by atoms with E-state index in [2.05, 4.69) is 4.99 Å². The first-order chi connectivity index (χ1) is 21.9. The first-order valence-electron chi connectivity index (χ1n) is 14.0. The number of carbonyl (C=O) groups is 1. The van der Waals surface area contributed by atoms with Gasteiger partial charge < -0.3 is 14.2 Å². The van der Waals surface area contributed by atoms with Crippen molar-refractivity contribution in [3.05, 3.63) is 124 Å². The van der Waals surface area contributed by atoms with Crippen molar-refractivity contribution in [1.29, 1.82) is 0 Å². The van der Waals surface area contributed by atoms with Crippen LogP contribution in [0.2, 0.25) is 0 Å². The van der Waals surface area contributed by atoms with Crippen LogP contribution in [-0.2, 0) is 15.7 Å². The SMILES string of the molecule is CCOC(=O)C1=C(C)N=c2s/c(=C\c3ccc(Oc4ccc(C(F)(F)F)cc4[N+](=O)[O-])c(OCC)c3)c(=O)n2C1c1ccccc1. The molecule has 4 aromatic rings. The molecule has 1 atom stereocenters. The number of allylic oxidation sites excluding steroid dienone is 1. The van der Waals surface area contributed by atoms with Gasteiger partial charge in [0.1, 0.15) is 0 Å². The van der Waals surface area contributed by atoms with Gasteiger partial charge in [0.25, 0.3) is 5.56 Å². The number of hydrogen-bond donors (Lipinski definition) is 0. The summed E-state index contributed by atoms with van der Waals surface area (Å²) >= 11 is 1.12. The zero-order valence-corrected chi connectivity index (χ0v) is 25.5. The van der Waals surface area contributed by atoms with Crippen LogP contribution in [0.25, 0.3) is 6.08 Å². The average molecular weight is 654 g/mol. The monoisotopic (exact) mass is 653 g/mol. The predicted octanol–water partition coefficient (Wildman–Crippen LogP) is 5.92. The van der Waals surface area contributed by atoms with E-state index in [-0.39, 0.29) is 30.3 Å². The molecular weight excluding hydrogens is 627 g/mol. The first kappa shape index (κ1) is 32.2. The molecule has 0 fully saturated rings. The molecule has 2 heterocycles. The molecule has 0 aliphatic carbocycles. The van der Waals surface area contributed by atoms with Crippen LogP contribution in [0.4, 0.5) is 18.9 Å². The number of ether oxygens (including phenoxy) is 3. The summed E-state index contributed by atoms with van der Waals surface area (Å²) in [7, 11) is 0. The number of alkyl halides is 3. The van der Waals surface area contributed by atoms with Gasteiger partial charge >= 0.3 is 17.8 Å². The zero-order chi connectivity index (χ0) is 33.2. The third-order valence-corrected chi connectivity index (χ3v) is 7.88. The first-order valence-corrected chi connectivity index (χ1v) is 14.8. The van der Waals surface area contributed by atoms with Gasteiger partial charge in [-0.1, -0.05) is 47.7 Å². The largest absolute Gasteiger partial charge is 0.490 e. The lowest BCUT2D eigenvalue weighted by molar-refractivity contribution is -0.385. The van der Waals surface area contributed by atoms with E-state index >= 15 is 0 Å². The fourth-order valence-electron chi connectivity index (χ4n) is 4.90. The normalized spacial score (nSPS) is 14.8. The number of esters is 1. The highest BCUT2D eigenvalue weighted by atomic mass is 32.1. The van der Waals surface area contributed by atoms with Gasteiger partial charge in [-0.25, -0.2) is 9.79 Å². The lowest BCUT2D eigenvalue weighted by atomic mass is 9.96. The van der Waals surface area contributed by atoms with Crippen molar-refractivity contribution in [3.63, 3.8) is 0 Å². The maximum Gasteiger partial charge on any atom is 0.416 e. The molecule has 0 saturated heterocycles. The molecule has 14 heteroatoms. The second-order valence-corrected chi connectivity index (χ2v) is 10.9. The van der Waals surface area contributed by atoms with Crippen molar-refractivity contribution in [1.82, 2.24) is 4.57 Å². The molecule has 1 aliphatic heterocycles. The summed E-state index contributed by atoms with van der Waals surface area (Å²) in [6.07, 6.45) is -3.18. The Morgan fingerprint density at radius 1 is 1.04 bits per heavy atom. The van der Waals surface area contributed by atoms with E-state index in [0.717, 1.165) is 17.4 Å². The topological polar surface area (TPSA) is 122 Å². The second-order valence-electron chi connectivity index (χ2n) is 9.89. The Bertz CT molecular complexity index is 2040. The van der Waals surface area contributed by atoms with Crippen LogP contribution in [0.3, 0.4) is 0 Å². The minimum Gasteiger partial charge on any atom is -0.490 e. The number of aromatic nitrogens is 1. The van der Waals surface area contributed by atoms with E-state index in [0.29, 0.717) is 38.3 Å². The number of rotatable bonds is 9. The fraction of sp³-hybridized carbons (Fsp3) is 0.219. The molecule has 1 aliphatic rings. The van der Waals surface area contributed by atoms with Gasteiger partial charge in [-0.3, -0.25) is 19.5 Å². The number of hydrogen-bond acceptors (Lipinski definition) is 9. The molecule has 1 unspecified atom stereocenters. The van der Waals surface area contributed by atoms with Crippen molar-refractivity contribution in [2.45, 2.75) is 33.0 Å². The molecule has 5 rings (SSSR count). The highest BCUT2D eigenvalue weighted by molar-refractivity contribution is 7.07. The van der Waals surface area contributed by atoms with Crippen LogP contribution in [0.15, 0.2) is 87.8 Å². The Labute approximate surface area is 263 Å². The summed E-state index contributed by atoms with van der Waals surface area (Å²) in [6.45, 7) is 5.40. The third kappa shape index (κ3) is 6.42. The molecule has 0 saturated carbocycles.